The van der Waals surface area contributed by atoms with E-state index in [1.54, 1.807) is 7.05 Å². The van der Waals surface area contributed by atoms with Gasteiger partial charge in [0.15, 0.2) is 0 Å². The van der Waals surface area contributed by atoms with Crippen LogP contribution in [-0.2, 0) is 0 Å². The lowest BCUT2D eigenvalue weighted by Crippen LogP contribution is -2.22. The molecule has 1 heterocycles. The van der Waals surface area contributed by atoms with Gasteiger partial charge < -0.3 is 20.3 Å². The van der Waals surface area contributed by atoms with Crippen LogP contribution in [0, 0.1) is 0 Å². The Labute approximate surface area is 108 Å². The van der Waals surface area contributed by atoms with Gasteiger partial charge in [-0.15, -0.1) is 0 Å². The van der Waals surface area contributed by atoms with Crippen LogP contribution < -0.4 is 15.4 Å². The molecule has 0 aromatic carbocycles. The molecule has 7 heteroatoms. The SMILES string of the molecule is CNc1nc(NCCN(C)C)nc(OC(C)C)n1. The van der Waals surface area contributed by atoms with Crippen LogP contribution in [-0.4, -0.2) is 60.2 Å². The summed E-state index contributed by atoms with van der Waals surface area (Å²) in [5.74, 6) is 1.01. The third-order valence-electron chi connectivity index (χ3n) is 2.02. The molecule has 0 unspecified atom stereocenters. The van der Waals surface area contributed by atoms with Gasteiger partial charge in [0.2, 0.25) is 11.9 Å². The van der Waals surface area contributed by atoms with Crippen molar-refractivity contribution in [2.45, 2.75) is 20.0 Å². The Morgan fingerprint density at radius 3 is 2.39 bits per heavy atom. The zero-order valence-electron chi connectivity index (χ0n) is 11.7. The summed E-state index contributed by atoms with van der Waals surface area (Å²) in [5, 5.41) is 6.03. The van der Waals surface area contributed by atoms with E-state index < -0.39 is 0 Å². The summed E-state index contributed by atoms with van der Waals surface area (Å²) in [7, 11) is 5.79. The maximum atomic E-state index is 5.47. The number of aromatic nitrogens is 3. The van der Waals surface area contributed by atoms with Crippen LogP contribution >= 0.6 is 0 Å². The van der Waals surface area contributed by atoms with Gasteiger partial charge in [0.25, 0.3) is 0 Å². The fourth-order valence-corrected chi connectivity index (χ4v) is 1.20. The first-order chi connectivity index (χ1) is 8.51. The number of rotatable bonds is 7. The highest BCUT2D eigenvalue weighted by atomic mass is 16.5. The molecule has 0 atom stereocenters. The number of ether oxygens (including phenoxy) is 1. The lowest BCUT2D eigenvalue weighted by Gasteiger charge is -2.12. The minimum absolute atomic E-state index is 0.0340. The Hall–Kier alpha value is -1.63. The van der Waals surface area contributed by atoms with E-state index in [-0.39, 0.29) is 6.10 Å². The molecule has 18 heavy (non-hydrogen) atoms. The topological polar surface area (TPSA) is 75.2 Å². The summed E-state index contributed by atoms with van der Waals surface area (Å²) in [6, 6.07) is 0.330. The molecule has 0 spiro atoms. The van der Waals surface area contributed by atoms with E-state index in [1.165, 1.54) is 0 Å². The number of likely N-dealkylation sites (N-methyl/N-ethyl adjacent to an activating group) is 1. The lowest BCUT2D eigenvalue weighted by molar-refractivity contribution is 0.222. The molecule has 0 bridgehead atoms. The van der Waals surface area contributed by atoms with E-state index in [1.807, 2.05) is 27.9 Å². The van der Waals surface area contributed by atoms with Gasteiger partial charge in [0.05, 0.1) is 6.10 Å². The van der Waals surface area contributed by atoms with Crippen molar-refractivity contribution in [2.24, 2.45) is 0 Å². The Bertz CT molecular complexity index is 369. The maximum Gasteiger partial charge on any atom is 0.323 e. The first-order valence-electron chi connectivity index (χ1n) is 6.00. The highest BCUT2D eigenvalue weighted by Crippen LogP contribution is 2.11. The van der Waals surface area contributed by atoms with Crippen molar-refractivity contribution in [1.82, 2.24) is 19.9 Å². The Morgan fingerprint density at radius 1 is 1.17 bits per heavy atom. The number of hydrogen-bond acceptors (Lipinski definition) is 7. The quantitative estimate of drug-likeness (QED) is 0.740. The van der Waals surface area contributed by atoms with Gasteiger partial charge in [0.1, 0.15) is 0 Å². The summed E-state index contributed by atoms with van der Waals surface area (Å²) >= 11 is 0. The molecule has 0 saturated heterocycles. The smallest absolute Gasteiger partial charge is 0.323 e. The summed E-state index contributed by atoms with van der Waals surface area (Å²) < 4.78 is 5.47. The predicted molar refractivity (Wildman–Crippen MR) is 72.2 cm³/mol. The van der Waals surface area contributed by atoms with Gasteiger partial charge in [0, 0.05) is 20.1 Å². The van der Waals surface area contributed by atoms with Crippen molar-refractivity contribution >= 4 is 11.9 Å². The maximum absolute atomic E-state index is 5.47. The molecule has 0 aliphatic rings. The molecule has 0 aliphatic heterocycles. The van der Waals surface area contributed by atoms with Gasteiger partial charge in [-0.3, -0.25) is 0 Å². The minimum atomic E-state index is 0.0340. The molecule has 0 fully saturated rings. The van der Waals surface area contributed by atoms with E-state index in [4.69, 9.17) is 4.74 Å². The first-order valence-corrected chi connectivity index (χ1v) is 6.00. The minimum Gasteiger partial charge on any atom is -0.461 e. The van der Waals surface area contributed by atoms with E-state index >= 15 is 0 Å². The normalized spacial score (nSPS) is 10.8. The second-order valence-electron chi connectivity index (χ2n) is 4.41. The monoisotopic (exact) mass is 254 g/mol. The van der Waals surface area contributed by atoms with Crippen LogP contribution in [0.25, 0.3) is 0 Å². The third kappa shape index (κ3) is 5.13. The van der Waals surface area contributed by atoms with E-state index in [2.05, 4.69) is 30.5 Å². The van der Waals surface area contributed by atoms with E-state index in [9.17, 15) is 0 Å². The van der Waals surface area contributed by atoms with Gasteiger partial charge in [-0.05, 0) is 27.9 Å². The molecule has 1 aromatic rings. The Morgan fingerprint density at radius 2 is 1.83 bits per heavy atom. The zero-order chi connectivity index (χ0) is 13.5. The molecular weight excluding hydrogens is 232 g/mol. The highest BCUT2D eigenvalue weighted by molar-refractivity contribution is 5.35. The molecule has 0 radical (unpaired) electrons. The second-order valence-corrected chi connectivity index (χ2v) is 4.41. The van der Waals surface area contributed by atoms with Gasteiger partial charge in [-0.2, -0.15) is 15.0 Å². The molecular formula is C11H22N6O. The largest absolute Gasteiger partial charge is 0.461 e. The number of nitrogens with one attached hydrogen (secondary N) is 2. The first kappa shape index (κ1) is 14.4. The predicted octanol–water partition coefficient (Wildman–Crippen LogP) is 0.674. The van der Waals surface area contributed by atoms with Gasteiger partial charge >= 0.3 is 6.01 Å². The molecule has 102 valence electrons. The highest BCUT2D eigenvalue weighted by Gasteiger charge is 2.07. The second kappa shape index (κ2) is 6.95. The van der Waals surface area contributed by atoms with Crippen LogP contribution in [0.15, 0.2) is 0 Å². The number of hydrogen-bond donors (Lipinski definition) is 2. The molecule has 0 amide bonds. The number of nitrogens with zero attached hydrogens (tertiary/aromatic N) is 4. The van der Waals surface area contributed by atoms with E-state index in [0.717, 1.165) is 13.1 Å². The van der Waals surface area contributed by atoms with Crippen molar-refractivity contribution in [3.8, 4) is 6.01 Å². The summed E-state index contributed by atoms with van der Waals surface area (Å²) in [5.41, 5.74) is 0. The number of anilines is 2. The fraction of sp³-hybridized carbons (Fsp3) is 0.727. The molecule has 2 N–H and O–H groups in total. The fourth-order valence-electron chi connectivity index (χ4n) is 1.20. The molecule has 0 saturated carbocycles. The Kier molecular flexibility index (Phi) is 5.57. The molecule has 1 rings (SSSR count). The van der Waals surface area contributed by atoms with Crippen LogP contribution in [0.3, 0.4) is 0 Å². The molecule has 0 aliphatic carbocycles. The van der Waals surface area contributed by atoms with Crippen LogP contribution in [0.4, 0.5) is 11.9 Å². The van der Waals surface area contributed by atoms with Crippen molar-refractivity contribution in [2.75, 3.05) is 44.9 Å². The zero-order valence-corrected chi connectivity index (χ0v) is 11.7. The van der Waals surface area contributed by atoms with Crippen LogP contribution in [0.5, 0.6) is 6.01 Å². The van der Waals surface area contributed by atoms with Crippen molar-refractivity contribution < 1.29 is 4.74 Å². The van der Waals surface area contributed by atoms with Crippen molar-refractivity contribution in [3.05, 3.63) is 0 Å². The van der Waals surface area contributed by atoms with Crippen LogP contribution in [0.2, 0.25) is 0 Å². The van der Waals surface area contributed by atoms with Crippen molar-refractivity contribution in [3.63, 3.8) is 0 Å². The van der Waals surface area contributed by atoms with Crippen LogP contribution in [0.1, 0.15) is 13.8 Å². The summed E-state index contributed by atoms with van der Waals surface area (Å²) in [6.45, 7) is 5.53. The van der Waals surface area contributed by atoms with Crippen molar-refractivity contribution in [1.29, 1.82) is 0 Å². The average molecular weight is 254 g/mol. The van der Waals surface area contributed by atoms with Gasteiger partial charge in [-0.25, -0.2) is 0 Å². The molecule has 1 aromatic heterocycles. The standard InChI is InChI=1S/C11H22N6O/c1-8(2)18-11-15-9(12-3)14-10(16-11)13-6-7-17(4)5/h8H,6-7H2,1-5H3,(H2,12,13,14,15,16). The summed E-state index contributed by atoms with van der Waals surface area (Å²) in [4.78, 5) is 14.6. The Balaban J connectivity index is 2.70. The lowest BCUT2D eigenvalue weighted by atomic mass is 10.5. The van der Waals surface area contributed by atoms with Gasteiger partial charge in [-0.1, -0.05) is 0 Å². The molecule has 7 nitrogen and oxygen atoms in total. The third-order valence-corrected chi connectivity index (χ3v) is 2.02. The average Bonchev–Trinajstić information content (AvgIpc) is 2.27. The summed E-state index contributed by atoms with van der Waals surface area (Å²) in [6.07, 6.45) is 0.0340. The van der Waals surface area contributed by atoms with E-state index in [0.29, 0.717) is 17.9 Å².